The molecule has 0 bridgehead atoms. The summed E-state index contributed by atoms with van der Waals surface area (Å²) in [5, 5.41) is 12.7. The van der Waals surface area contributed by atoms with Crippen LogP contribution in [-0.2, 0) is 13.1 Å². The number of aliphatic hydroxyl groups excluding tert-OH is 1. The molecule has 0 aliphatic rings. The molecule has 1 heterocycles. The zero-order chi connectivity index (χ0) is 19.5. The van der Waals surface area contributed by atoms with Gasteiger partial charge in [0.2, 0.25) is 0 Å². The van der Waals surface area contributed by atoms with Gasteiger partial charge in [-0.2, -0.15) is 0 Å². The number of benzene rings is 3. The van der Waals surface area contributed by atoms with Gasteiger partial charge in [0.1, 0.15) is 18.5 Å². The van der Waals surface area contributed by atoms with Crippen LogP contribution in [-0.4, -0.2) is 27.0 Å². The van der Waals surface area contributed by atoms with E-state index in [-0.39, 0.29) is 18.8 Å². The largest absolute Gasteiger partial charge is 0.490 e. The van der Waals surface area contributed by atoms with Gasteiger partial charge >= 0.3 is 5.69 Å². The van der Waals surface area contributed by atoms with E-state index in [9.17, 15) is 9.90 Å². The number of imidazole rings is 1. The molecule has 0 fully saturated rings. The van der Waals surface area contributed by atoms with Crippen molar-refractivity contribution in [1.29, 1.82) is 0 Å². The third-order valence-corrected chi connectivity index (χ3v) is 4.95. The van der Waals surface area contributed by atoms with Crippen molar-refractivity contribution in [2.24, 2.45) is 0 Å². The summed E-state index contributed by atoms with van der Waals surface area (Å²) in [6.45, 7) is 3.02. The first-order valence-electron chi connectivity index (χ1n) is 9.65. The highest BCUT2D eigenvalue weighted by Crippen LogP contribution is 2.25. The molecule has 1 aromatic heterocycles. The number of para-hydroxylation sites is 2. The lowest BCUT2D eigenvalue weighted by Crippen LogP contribution is -2.31. The highest BCUT2D eigenvalue weighted by atomic mass is 16.5. The SMILES string of the molecule is CCCn1c(=O)n(CC(O)COc2cccc3ccccc23)c2ccccc21. The van der Waals surface area contributed by atoms with Crippen molar-refractivity contribution in [2.75, 3.05) is 6.61 Å². The fourth-order valence-electron chi connectivity index (χ4n) is 3.66. The van der Waals surface area contributed by atoms with E-state index in [0.29, 0.717) is 6.54 Å². The monoisotopic (exact) mass is 376 g/mol. The molecule has 3 aromatic carbocycles. The lowest BCUT2D eigenvalue weighted by atomic mass is 10.1. The van der Waals surface area contributed by atoms with Crippen molar-refractivity contribution < 1.29 is 9.84 Å². The zero-order valence-corrected chi connectivity index (χ0v) is 15.9. The summed E-state index contributed by atoms with van der Waals surface area (Å²) in [5.74, 6) is 0.734. The third-order valence-electron chi connectivity index (χ3n) is 4.95. The fourth-order valence-corrected chi connectivity index (χ4v) is 3.66. The van der Waals surface area contributed by atoms with Crippen molar-refractivity contribution in [3.63, 3.8) is 0 Å². The van der Waals surface area contributed by atoms with Crippen molar-refractivity contribution >= 4 is 21.8 Å². The van der Waals surface area contributed by atoms with Crippen LogP contribution in [0.2, 0.25) is 0 Å². The van der Waals surface area contributed by atoms with Crippen molar-refractivity contribution in [2.45, 2.75) is 32.5 Å². The van der Waals surface area contributed by atoms with Crippen LogP contribution in [0.15, 0.2) is 71.5 Å². The molecule has 5 nitrogen and oxygen atoms in total. The van der Waals surface area contributed by atoms with Crippen LogP contribution in [0, 0.1) is 0 Å². The van der Waals surface area contributed by atoms with Gasteiger partial charge in [0, 0.05) is 11.9 Å². The van der Waals surface area contributed by atoms with Crippen LogP contribution in [0.5, 0.6) is 5.75 Å². The van der Waals surface area contributed by atoms with E-state index in [0.717, 1.165) is 34.0 Å². The average molecular weight is 376 g/mol. The first-order chi connectivity index (χ1) is 13.7. The molecule has 1 atom stereocenters. The maximum atomic E-state index is 12.8. The molecular weight excluding hydrogens is 352 g/mol. The molecule has 0 aliphatic carbocycles. The predicted octanol–water partition coefficient (Wildman–Crippen LogP) is 3.81. The number of hydrogen-bond donors (Lipinski definition) is 1. The second-order valence-electron chi connectivity index (χ2n) is 6.98. The zero-order valence-electron chi connectivity index (χ0n) is 15.9. The van der Waals surface area contributed by atoms with E-state index in [1.807, 2.05) is 73.7 Å². The van der Waals surface area contributed by atoms with Gasteiger partial charge in [-0.25, -0.2) is 4.79 Å². The molecule has 4 rings (SSSR count). The van der Waals surface area contributed by atoms with E-state index in [2.05, 4.69) is 0 Å². The Morgan fingerprint density at radius 1 is 0.929 bits per heavy atom. The van der Waals surface area contributed by atoms with Crippen LogP contribution in [0.3, 0.4) is 0 Å². The van der Waals surface area contributed by atoms with Crippen LogP contribution in [0.25, 0.3) is 21.8 Å². The molecule has 0 aliphatic heterocycles. The van der Waals surface area contributed by atoms with Gasteiger partial charge in [-0.15, -0.1) is 0 Å². The number of aromatic nitrogens is 2. The minimum Gasteiger partial charge on any atom is -0.490 e. The van der Waals surface area contributed by atoms with E-state index in [4.69, 9.17) is 4.74 Å². The van der Waals surface area contributed by atoms with Gasteiger partial charge in [-0.3, -0.25) is 9.13 Å². The Bertz CT molecular complexity index is 1150. The number of hydrogen-bond acceptors (Lipinski definition) is 3. The normalized spacial score (nSPS) is 12.5. The Morgan fingerprint density at radius 3 is 2.39 bits per heavy atom. The fraction of sp³-hybridized carbons (Fsp3) is 0.261. The molecule has 5 heteroatoms. The molecule has 0 saturated heterocycles. The summed E-state index contributed by atoms with van der Waals surface area (Å²) < 4.78 is 9.30. The highest BCUT2D eigenvalue weighted by molar-refractivity contribution is 5.88. The molecule has 0 amide bonds. The molecule has 1 N–H and O–H groups in total. The van der Waals surface area contributed by atoms with Crippen LogP contribution in [0.4, 0.5) is 0 Å². The summed E-state index contributed by atoms with van der Waals surface area (Å²) in [4.78, 5) is 12.8. The summed E-state index contributed by atoms with van der Waals surface area (Å²) in [6.07, 6.45) is 0.0817. The molecule has 1 unspecified atom stereocenters. The Labute approximate surface area is 163 Å². The van der Waals surface area contributed by atoms with Gasteiger partial charge in [-0.05, 0) is 30.0 Å². The van der Waals surface area contributed by atoms with Gasteiger partial charge in [0.25, 0.3) is 0 Å². The number of aliphatic hydroxyl groups is 1. The second kappa shape index (κ2) is 7.90. The van der Waals surface area contributed by atoms with Crippen LogP contribution in [0.1, 0.15) is 13.3 Å². The third kappa shape index (κ3) is 3.41. The molecule has 28 heavy (non-hydrogen) atoms. The number of aryl methyl sites for hydroxylation is 1. The predicted molar refractivity (Wildman–Crippen MR) is 112 cm³/mol. The smallest absolute Gasteiger partial charge is 0.329 e. The molecule has 0 spiro atoms. The van der Waals surface area contributed by atoms with Crippen molar-refractivity contribution in [3.05, 3.63) is 77.2 Å². The van der Waals surface area contributed by atoms with Crippen LogP contribution >= 0.6 is 0 Å². The Morgan fingerprint density at radius 2 is 1.61 bits per heavy atom. The molecule has 0 saturated carbocycles. The van der Waals surface area contributed by atoms with Gasteiger partial charge in [-0.1, -0.05) is 55.5 Å². The average Bonchev–Trinajstić information content (AvgIpc) is 2.98. The van der Waals surface area contributed by atoms with Crippen molar-refractivity contribution in [1.82, 2.24) is 9.13 Å². The highest BCUT2D eigenvalue weighted by Gasteiger charge is 2.16. The summed E-state index contributed by atoms with van der Waals surface area (Å²) >= 11 is 0. The molecule has 0 radical (unpaired) electrons. The molecule has 4 aromatic rings. The first-order valence-corrected chi connectivity index (χ1v) is 9.65. The number of nitrogens with zero attached hydrogens (tertiary/aromatic N) is 2. The van der Waals surface area contributed by atoms with Crippen LogP contribution < -0.4 is 10.4 Å². The molecule has 144 valence electrons. The quantitative estimate of drug-likeness (QED) is 0.534. The number of fused-ring (bicyclic) bond motifs is 2. The van der Waals surface area contributed by atoms with E-state index >= 15 is 0 Å². The van der Waals surface area contributed by atoms with Crippen molar-refractivity contribution in [3.8, 4) is 5.75 Å². The molecular formula is C23H24N2O3. The number of rotatable bonds is 7. The summed E-state index contributed by atoms with van der Waals surface area (Å²) in [6, 6.07) is 21.5. The minimum absolute atomic E-state index is 0.0905. The Kier molecular flexibility index (Phi) is 5.17. The van der Waals surface area contributed by atoms with E-state index < -0.39 is 6.10 Å². The Hall–Kier alpha value is -3.05. The van der Waals surface area contributed by atoms with Gasteiger partial charge in [0.15, 0.2) is 0 Å². The second-order valence-corrected chi connectivity index (χ2v) is 6.98. The minimum atomic E-state index is -0.794. The Balaban J connectivity index is 1.55. The van der Waals surface area contributed by atoms with Gasteiger partial charge in [0.05, 0.1) is 17.6 Å². The summed E-state index contributed by atoms with van der Waals surface area (Å²) in [7, 11) is 0. The lowest BCUT2D eigenvalue weighted by Gasteiger charge is -2.14. The number of ether oxygens (including phenoxy) is 1. The maximum Gasteiger partial charge on any atom is 0.329 e. The van der Waals surface area contributed by atoms with E-state index in [1.54, 1.807) is 9.13 Å². The van der Waals surface area contributed by atoms with E-state index in [1.165, 1.54) is 0 Å². The summed E-state index contributed by atoms with van der Waals surface area (Å²) in [5.41, 5.74) is 1.65. The lowest BCUT2D eigenvalue weighted by molar-refractivity contribution is 0.0932. The first kappa shape index (κ1) is 18.3. The topological polar surface area (TPSA) is 56.4 Å². The van der Waals surface area contributed by atoms with Gasteiger partial charge < -0.3 is 9.84 Å². The standard InChI is InChI=1S/C23H24N2O3/c1-2-14-24-20-11-5-6-12-21(20)25(23(24)27)15-18(26)16-28-22-13-7-9-17-8-3-4-10-19(17)22/h3-13,18,26H,2,14-16H2,1H3. The maximum absolute atomic E-state index is 12.8.